The van der Waals surface area contributed by atoms with Gasteiger partial charge in [0, 0.05) is 35.9 Å². The smallest absolute Gasteiger partial charge is 0.230 e. The van der Waals surface area contributed by atoms with E-state index in [1.807, 2.05) is 48.5 Å². The molecule has 0 saturated heterocycles. The van der Waals surface area contributed by atoms with E-state index in [-0.39, 0.29) is 25.3 Å². The highest BCUT2D eigenvalue weighted by Gasteiger charge is 2.25. The summed E-state index contributed by atoms with van der Waals surface area (Å²) in [5.74, 6) is 1.43. The molecule has 0 amide bonds. The Balaban J connectivity index is 0.00000274. The van der Waals surface area contributed by atoms with Gasteiger partial charge in [-0.15, -0.1) is 12.4 Å². The van der Waals surface area contributed by atoms with Gasteiger partial charge in [-0.1, -0.05) is 60.1 Å². The Morgan fingerprint density at radius 2 is 1.82 bits per heavy atom. The van der Waals surface area contributed by atoms with E-state index in [9.17, 15) is 0 Å². The average molecular weight is 497 g/mol. The van der Waals surface area contributed by atoms with E-state index in [0.29, 0.717) is 18.7 Å². The lowest BCUT2D eigenvalue weighted by atomic mass is 10.1. The lowest BCUT2D eigenvalue weighted by molar-refractivity contribution is 0.0559. The number of aryl methyl sites for hydroxylation is 1. The number of ether oxygens (including phenoxy) is 3. The largest absolute Gasteiger partial charge is 0.480 e. The summed E-state index contributed by atoms with van der Waals surface area (Å²) in [4.78, 5) is 4.67. The third kappa shape index (κ3) is 4.72. The van der Waals surface area contributed by atoms with Crippen molar-refractivity contribution in [3.05, 3.63) is 106 Å². The summed E-state index contributed by atoms with van der Waals surface area (Å²) < 4.78 is 19.9. The Kier molecular flexibility index (Phi) is 7.35. The van der Waals surface area contributed by atoms with Crippen LogP contribution in [0.1, 0.15) is 22.4 Å². The summed E-state index contributed by atoms with van der Waals surface area (Å²) in [6.07, 6.45) is 3.77. The Morgan fingerprint density at radius 1 is 1.06 bits per heavy atom. The molecule has 0 fully saturated rings. The highest BCUT2D eigenvalue weighted by atomic mass is 35.5. The topological polar surface area (TPSA) is 45.5 Å². The fraction of sp³-hybridized carbons (Fsp3) is 0.222. The first-order chi connectivity index (χ1) is 16.1. The molecular formula is C27H26Cl2N2O3. The fourth-order valence-corrected chi connectivity index (χ4v) is 4.40. The predicted molar refractivity (Wildman–Crippen MR) is 137 cm³/mol. The zero-order valence-electron chi connectivity index (χ0n) is 19.0. The van der Waals surface area contributed by atoms with E-state index < -0.39 is 0 Å². The van der Waals surface area contributed by atoms with Crippen molar-refractivity contribution in [3.63, 3.8) is 0 Å². The summed E-state index contributed by atoms with van der Waals surface area (Å²) in [7, 11) is 0. The maximum absolute atomic E-state index is 6.63. The molecule has 2 aromatic carbocycles. The van der Waals surface area contributed by atoms with Crippen molar-refractivity contribution < 1.29 is 14.2 Å². The molecule has 0 saturated carbocycles. The minimum Gasteiger partial charge on any atom is -0.480 e. The summed E-state index contributed by atoms with van der Waals surface area (Å²) in [5.41, 5.74) is 6.33. The van der Waals surface area contributed by atoms with E-state index in [4.69, 9.17) is 25.8 Å². The van der Waals surface area contributed by atoms with Gasteiger partial charge in [-0.2, -0.15) is 0 Å². The highest BCUT2D eigenvalue weighted by Crippen LogP contribution is 2.34. The molecule has 176 valence electrons. The van der Waals surface area contributed by atoms with Crippen LogP contribution in [0.15, 0.2) is 78.9 Å². The van der Waals surface area contributed by atoms with Gasteiger partial charge in [-0.25, -0.2) is 0 Å². The molecule has 0 aliphatic carbocycles. The third-order valence-corrected chi connectivity index (χ3v) is 6.46. The first-order valence-electron chi connectivity index (χ1n) is 10.9. The van der Waals surface area contributed by atoms with Gasteiger partial charge in [0.15, 0.2) is 11.9 Å². The number of aromatic nitrogens is 2. The van der Waals surface area contributed by atoms with Crippen LogP contribution in [0.5, 0.6) is 5.75 Å². The van der Waals surface area contributed by atoms with Crippen LogP contribution in [0.4, 0.5) is 0 Å². The second-order valence-corrected chi connectivity index (χ2v) is 8.55. The number of pyridine rings is 1. The van der Waals surface area contributed by atoms with Crippen LogP contribution in [-0.2, 0) is 22.4 Å². The molecule has 1 unspecified atom stereocenters. The highest BCUT2D eigenvalue weighted by molar-refractivity contribution is 6.31. The van der Waals surface area contributed by atoms with Crippen LogP contribution >= 0.6 is 24.0 Å². The quantitative estimate of drug-likeness (QED) is 0.288. The Bertz CT molecular complexity index is 1320. The third-order valence-electron chi connectivity index (χ3n) is 6.09. The minimum atomic E-state index is -0.329. The molecule has 3 heterocycles. The number of hydrogen-bond acceptors (Lipinski definition) is 4. The summed E-state index contributed by atoms with van der Waals surface area (Å²) in [6, 6.07) is 20.1. The Labute approximate surface area is 210 Å². The van der Waals surface area contributed by atoms with Gasteiger partial charge in [0.25, 0.3) is 0 Å². The Hall–Kier alpha value is -3.15. The van der Waals surface area contributed by atoms with Crippen LogP contribution in [0.3, 0.4) is 0 Å². The van der Waals surface area contributed by atoms with Gasteiger partial charge in [0.2, 0.25) is 6.79 Å². The second-order valence-electron chi connectivity index (χ2n) is 8.14. The molecule has 5 nitrogen and oxygen atoms in total. The van der Waals surface area contributed by atoms with Gasteiger partial charge < -0.3 is 18.8 Å². The summed E-state index contributed by atoms with van der Waals surface area (Å²) in [6.45, 7) is 5.03. The van der Waals surface area contributed by atoms with Gasteiger partial charge >= 0.3 is 0 Å². The maximum Gasteiger partial charge on any atom is 0.230 e. The van der Waals surface area contributed by atoms with Crippen LogP contribution < -0.4 is 4.74 Å². The standard InChI is InChI=1S/C27H25ClN2O3.ClH/c1-18-19(2)30(15-21-10-6-7-11-22(21)28)27-23(12-13-29-26(18)27)33-24(25-16-31-17-32-25)14-20-8-4-3-5-9-20;/h3-13,16,24H,14-15,17H2,1-2H3;1H. The Morgan fingerprint density at radius 3 is 2.56 bits per heavy atom. The maximum atomic E-state index is 6.63. The van der Waals surface area contributed by atoms with Crippen molar-refractivity contribution in [3.8, 4) is 5.75 Å². The van der Waals surface area contributed by atoms with E-state index >= 15 is 0 Å². The van der Waals surface area contributed by atoms with Crippen molar-refractivity contribution >= 4 is 35.0 Å². The van der Waals surface area contributed by atoms with Crippen molar-refractivity contribution in [1.29, 1.82) is 0 Å². The van der Waals surface area contributed by atoms with Crippen LogP contribution in [0, 0.1) is 13.8 Å². The molecule has 0 N–H and O–H groups in total. The minimum absolute atomic E-state index is 0. The van der Waals surface area contributed by atoms with E-state index in [2.05, 4.69) is 35.5 Å². The van der Waals surface area contributed by atoms with Crippen molar-refractivity contribution in [2.24, 2.45) is 0 Å². The predicted octanol–water partition coefficient (Wildman–Crippen LogP) is 6.61. The molecule has 5 rings (SSSR count). The summed E-state index contributed by atoms with van der Waals surface area (Å²) in [5, 5.41) is 0.742. The van der Waals surface area contributed by atoms with Crippen LogP contribution in [-0.4, -0.2) is 22.4 Å². The molecule has 34 heavy (non-hydrogen) atoms. The lowest BCUT2D eigenvalue weighted by Gasteiger charge is -2.21. The van der Waals surface area contributed by atoms with Gasteiger partial charge in [0.05, 0.1) is 5.52 Å². The van der Waals surface area contributed by atoms with Crippen molar-refractivity contribution in [2.45, 2.75) is 32.9 Å². The molecule has 7 heteroatoms. The second kappa shape index (κ2) is 10.4. The number of benzene rings is 2. The van der Waals surface area contributed by atoms with E-state index in [0.717, 1.165) is 44.2 Å². The number of hydrogen-bond donors (Lipinski definition) is 0. The van der Waals surface area contributed by atoms with E-state index in [1.54, 1.807) is 12.5 Å². The molecule has 0 bridgehead atoms. The molecular weight excluding hydrogens is 471 g/mol. The zero-order valence-corrected chi connectivity index (χ0v) is 20.6. The normalized spacial score (nSPS) is 13.6. The monoisotopic (exact) mass is 496 g/mol. The number of rotatable bonds is 7. The SMILES string of the molecule is Cc1c(C)n(Cc2ccccc2Cl)c2c(OC(Cc3ccccc3)C3=COCO3)ccnc12.Cl. The molecule has 0 spiro atoms. The first kappa shape index (κ1) is 24.0. The molecule has 1 aliphatic heterocycles. The molecule has 4 aromatic rings. The molecule has 0 radical (unpaired) electrons. The summed E-state index contributed by atoms with van der Waals surface area (Å²) >= 11 is 6.49. The van der Waals surface area contributed by atoms with Crippen molar-refractivity contribution in [2.75, 3.05) is 6.79 Å². The van der Waals surface area contributed by atoms with Crippen LogP contribution in [0.2, 0.25) is 5.02 Å². The van der Waals surface area contributed by atoms with Crippen molar-refractivity contribution in [1.82, 2.24) is 9.55 Å². The fourth-order valence-electron chi connectivity index (χ4n) is 4.21. The first-order valence-corrected chi connectivity index (χ1v) is 11.3. The zero-order chi connectivity index (χ0) is 22.8. The lowest BCUT2D eigenvalue weighted by Crippen LogP contribution is -2.23. The van der Waals surface area contributed by atoms with Gasteiger partial charge in [0.1, 0.15) is 17.5 Å². The molecule has 1 atom stereocenters. The number of nitrogens with zero attached hydrogens (tertiary/aromatic N) is 2. The van der Waals surface area contributed by atoms with Gasteiger partial charge in [-0.3, -0.25) is 4.98 Å². The van der Waals surface area contributed by atoms with Gasteiger partial charge in [-0.05, 0) is 36.6 Å². The average Bonchev–Trinajstić information content (AvgIpc) is 3.45. The molecule has 1 aliphatic rings. The number of fused-ring (bicyclic) bond motifs is 1. The number of halogens is 2. The molecule has 2 aromatic heterocycles. The van der Waals surface area contributed by atoms with Crippen LogP contribution in [0.25, 0.3) is 11.0 Å². The van der Waals surface area contributed by atoms with E-state index in [1.165, 1.54) is 0 Å².